The number of ether oxygens (including phenoxy) is 1. The summed E-state index contributed by atoms with van der Waals surface area (Å²) in [7, 11) is 1.38. The van der Waals surface area contributed by atoms with Crippen LogP contribution in [0.1, 0.15) is 292 Å². The number of benzene rings is 7. The van der Waals surface area contributed by atoms with Gasteiger partial charge in [0.05, 0.1) is 69.7 Å². The molecule has 4 fully saturated rings. The summed E-state index contributed by atoms with van der Waals surface area (Å²) in [6.07, 6.45) is 41.5. The van der Waals surface area contributed by atoms with E-state index in [0.717, 1.165) is 153 Å². The number of amides is 1. The number of rotatable bonds is 12. The summed E-state index contributed by atoms with van der Waals surface area (Å²) in [4.78, 5) is 106. The second-order valence-electron chi connectivity index (χ2n) is 32.7. The van der Waals surface area contributed by atoms with Gasteiger partial charge in [0, 0.05) is 104 Å². The van der Waals surface area contributed by atoms with E-state index in [9.17, 15) is 47.1 Å². The topological polar surface area (TPSA) is 307 Å². The molecule has 0 radical (unpaired) electrons. The predicted octanol–water partition coefficient (Wildman–Crippen LogP) is 22.0. The van der Waals surface area contributed by atoms with Crippen LogP contribution in [0.25, 0.3) is 21.1 Å². The number of ketones is 5. The number of hydrogen-bond acceptors (Lipinski definition) is 17. The Hall–Kier alpha value is -9.48. The van der Waals surface area contributed by atoms with Gasteiger partial charge in [-0.2, -0.15) is 10.5 Å². The van der Waals surface area contributed by atoms with Gasteiger partial charge in [0.25, 0.3) is 5.91 Å². The van der Waals surface area contributed by atoms with Crippen LogP contribution in [0.3, 0.4) is 0 Å². The third-order valence-corrected chi connectivity index (χ3v) is 29.2. The van der Waals surface area contributed by atoms with Crippen LogP contribution in [0.15, 0.2) is 149 Å². The fourth-order valence-corrected chi connectivity index (χ4v) is 22.1. The van der Waals surface area contributed by atoms with Gasteiger partial charge >= 0.3 is 30.8 Å². The standard InChI is InChI=1S/C26H22FN3O2S.C16H18O3.C15H16O3.C14H15BrO.C11H8FN3S.C9H7BrO.C6H2.C5H10Br2.5CH4.Li.H2O/c27-22-10-16(13-28)4-6-20(22)25-30-15-19(33-25)14-29-24(32)17-5-7-21-18(11-17)12-23(31)26(21)8-2-1-3-9-26;1-19-15(18)11-5-6-13-12(9-11)10-14(17)16(13)7-3-2-4-8-16;16-13-9-11-8-10(14(17)18)4-5-12(11)15(13)6-2-1-3-7-15;15-11-4-5-12-10(8-11)9-13(16)14(12)6-2-1-3-7-14;12-10-3-7(4-13)1-2-9(10)11-15-6-8(5-14)16-11;10-8-2-1-6-4-9(11)5-7(6)3-8;1-3-5-6-4-2;6-4-2-1-3-5-7;;;;;;;/h4-7,10-11,15H,1-3,8-9,12,14H2,(H,29,32);5-6,9H,2-4,7-8,10H2,1H3;4-5,8H,1-3,6-7,9H2,(H,17,18);4-5,8H,1-3,6-7,9H2;1-3,6H,5,14H2;1-3H,4-5H2;1-2H;1-5H2;5*1H4;;1H2/q;;;;;;;;;;;;;+1;/p-1. The normalized spacial score (nSPS) is 15.6. The molecule has 0 atom stereocenters. The number of Topliss-reactive ketones (excluding diaryl/α,β-unsaturated/α-hetero) is 5. The number of carbonyl (C=O) groups is 8. The number of nitrogens with one attached hydrogen (secondary N) is 1. The summed E-state index contributed by atoms with van der Waals surface area (Å²) in [6.45, 7) is 0.671. The van der Waals surface area contributed by atoms with E-state index in [1.807, 2.05) is 66.7 Å². The number of aromatic nitrogens is 2. The minimum absolute atomic E-state index is 0. The van der Waals surface area contributed by atoms with Gasteiger partial charge in [-0.15, -0.1) is 35.5 Å². The quantitative estimate of drug-likeness (QED) is 0.0336. The van der Waals surface area contributed by atoms with E-state index in [2.05, 4.69) is 121 Å². The Balaban J connectivity index is 0.000000330. The molecule has 2 heterocycles. The summed E-state index contributed by atoms with van der Waals surface area (Å²) in [5.41, 5.74) is 18.4. The number of terminal acetylenes is 2. The average molecular weight is 2090 g/mol. The Bertz CT molecular complexity index is 5810. The van der Waals surface area contributed by atoms with Crippen LogP contribution >= 0.6 is 86.4 Å². The number of esters is 1. The Morgan fingerprint density at radius 1 is 0.481 bits per heavy atom. The summed E-state index contributed by atoms with van der Waals surface area (Å²) in [5, 5.41) is 32.8. The maximum absolute atomic E-state index is 14.3. The largest absolute Gasteiger partial charge is 1.00 e. The van der Waals surface area contributed by atoms with E-state index in [-0.39, 0.29) is 113 Å². The molecule has 26 heteroatoms. The van der Waals surface area contributed by atoms with Gasteiger partial charge < -0.3 is 26.4 Å². The third kappa shape index (κ3) is 28.1. The van der Waals surface area contributed by atoms with Gasteiger partial charge in [-0.3, -0.25) is 28.8 Å². The van der Waals surface area contributed by atoms with Crippen molar-refractivity contribution < 1.29 is 81.3 Å². The number of carboxylic acid groups (broad SMARTS) is 1. The van der Waals surface area contributed by atoms with Crippen LogP contribution in [-0.4, -0.2) is 85.1 Å². The van der Waals surface area contributed by atoms with Gasteiger partial charge in [-0.25, -0.2) is 28.3 Å². The number of carboxylic acids is 1. The Labute approximate surface area is 838 Å². The number of thiazole rings is 2. The second kappa shape index (κ2) is 54.9. The molecule has 5 N–H and O–H groups in total. The van der Waals surface area contributed by atoms with Gasteiger partial charge in [-0.1, -0.05) is 215 Å². The number of methoxy groups -OCH3 is 1. The Kier molecular flexibility index (Phi) is 47.8. The molecule has 4 spiro atoms. The number of nitrogens with zero attached hydrogens (tertiary/aromatic N) is 4. The number of halogens is 6. The number of nitriles is 2. The summed E-state index contributed by atoms with van der Waals surface area (Å²) >= 11 is 16.2. The molecular formula is C107H119Br4F2LiN6O11S2. The molecule has 0 saturated heterocycles. The SMILES string of the molecule is BrCCCCCBr.C.C.C.C.C.C#CC#CC#C.COC(=O)c1ccc2c(c1)CC(=O)C21CCCCC1.N#Cc1ccc(-c2ncc(CN)s2)c(F)c1.N#Cc1ccc(-c2ncc(CNC(=O)c3ccc4c(c3)CC(=O)C43CCCCC3)s2)c(F)c1.O=C(O)c1ccc2c(c1)CC(=O)C21CCCCC1.O=C1Cc2cc(Br)ccc2C12CCCCC2.O=C1Cc2ccc(Br)cc2C1.[Li+].[OH-]. The molecular weight excluding hydrogens is 1970 g/mol. The second-order valence-corrected chi connectivity index (χ2v) is 38.4. The van der Waals surface area contributed by atoms with E-state index in [0.29, 0.717) is 112 Å². The Morgan fingerprint density at radius 3 is 1.21 bits per heavy atom. The number of alkyl halides is 2. The number of fused-ring (bicyclic) bond motifs is 9. The van der Waals surface area contributed by atoms with Gasteiger partial charge in [0.2, 0.25) is 0 Å². The third-order valence-electron chi connectivity index (χ3n) is 25.0. The number of hydrogen-bond donors (Lipinski definition) is 3. The van der Waals surface area contributed by atoms with E-state index in [1.54, 1.807) is 54.9 Å². The summed E-state index contributed by atoms with van der Waals surface area (Å²) in [6, 6.07) is 41.2. The van der Waals surface area contributed by atoms with E-state index < -0.39 is 17.6 Å². The van der Waals surface area contributed by atoms with Gasteiger partial charge in [0.15, 0.2) is 0 Å². The number of aromatic carboxylic acids is 1. The molecule has 698 valence electrons. The van der Waals surface area contributed by atoms with E-state index in [4.69, 9.17) is 38.9 Å². The van der Waals surface area contributed by atoms with Crippen LogP contribution in [-0.2, 0) is 102 Å². The smallest absolute Gasteiger partial charge is 0.870 e. The maximum atomic E-state index is 14.3. The maximum Gasteiger partial charge on any atom is 1.00 e. The molecule has 0 unspecified atom stereocenters. The van der Waals surface area contributed by atoms with Gasteiger partial charge in [0.1, 0.15) is 50.6 Å². The van der Waals surface area contributed by atoms with Crippen molar-refractivity contribution in [1.82, 2.24) is 15.3 Å². The molecule has 4 saturated carbocycles. The molecule has 9 aliphatic carbocycles. The zero-order valence-electron chi connectivity index (χ0n) is 71.8. The molecule has 17 nitrogen and oxygen atoms in total. The van der Waals surface area contributed by atoms with Crippen LogP contribution < -0.4 is 29.9 Å². The van der Waals surface area contributed by atoms with Crippen LogP contribution in [0, 0.1) is 70.8 Å². The first-order valence-electron chi connectivity index (χ1n) is 42.6. The number of nitrogens with two attached hydrogens (primary N) is 1. The van der Waals surface area contributed by atoms with E-state index >= 15 is 0 Å². The van der Waals surface area contributed by atoms with E-state index in [1.165, 1.54) is 122 Å². The molecule has 9 aromatic rings. The van der Waals surface area contributed by atoms with Crippen LogP contribution in [0.5, 0.6) is 0 Å². The van der Waals surface area contributed by atoms with Crippen molar-refractivity contribution in [1.29, 1.82) is 10.5 Å². The zero-order valence-corrected chi connectivity index (χ0v) is 79.8. The number of carbonyl (C=O) groups excluding carboxylic acids is 7. The molecule has 133 heavy (non-hydrogen) atoms. The van der Waals surface area contributed by atoms with Crippen molar-refractivity contribution in [3.8, 4) is 69.8 Å². The Morgan fingerprint density at radius 2 is 0.835 bits per heavy atom. The fourth-order valence-electron chi connectivity index (χ4n) is 18.8. The molecule has 0 bridgehead atoms. The first-order chi connectivity index (χ1) is 60.8. The molecule has 1 amide bonds. The van der Waals surface area contributed by atoms with Crippen molar-refractivity contribution >= 4 is 133 Å². The zero-order chi connectivity index (χ0) is 90.1. The first-order valence-corrected chi connectivity index (χ1v) is 48.1. The van der Waals surface area contributed by atoms with Crippen molar-refractivity contribution in [2.45, 2.75) is 258 Å². The molecule has 7 aromatic carbocycles. The van der Waals surface area contributed by atoms with Crippen molar-refractivity contribution in [3.63, 3.8) is 0 Å². The summed E-state index contributed by atoms with van der Waals surface area (Å²) < 4.78 is 34.8. The monoisotopic (exact) mass is 2090 g/mol. The van der Waals surface area contributed by atoms with Crippen molar-refractivity contribution in [2.75, 3.05) is 17.8 Å². The predicted molar refractivity (Wildman–Crippen MR) is 538 cm³/mol. The average Bonchev–Trinajstić information content (AvgIpc) is 1.61. The van der Waals surface area contributed by atoms with Crippen LogP contribution in [0.2, 0.25) is 0 Å². The summed E-state index contributed by atoms with van der Waals surface area (Å²) in [5.74, 6) is 7.92. The minimum atomic E-state index is -0.921. The molecule has 2 aromatic heterocycles. The first kappa shape index (κ1) is 116. The van der Waals surface area contributed by atoms with Crippen molar-refractivity contribution in [3.05, 3.63) is 254 Å². The molecule has 9 aliphatic rings. The van der Waals surface area contributed by atoms with Crippen LogP contribution in [0.4, 0.5) is 8.78 Å². The fraction of sp³-hybridized carbons (Fsp3) is 0.402. The molecule has 18 rings (SSSR count). The minimum Gasteiger partial charge on any atom is -0.870 e. The molecule has 0 aliphatic heterocycles. The van der Waals surface area contributed by atoms with Crippen molar-refractivity contribution in [2.24, 2.45) is 5.73 Å². The number of unbranched alkanes of at least 4 members (excludes halogenated alkanes) is 2. The van der Waals surface area contributed by atoms with Gasteiger partial charge in [-0.05, 0) is 241 Å².